The fraction of sp³-hybridized carbons (Fsp3) is 0.700. The predicted octanol–water partition coefficient (Wildman–Crippen LogP) is 5.71. The number of unbranched alkanes of at least 4 members (excludes halogenated alkanes) is 1. The van der Waals surface area contributed by atoms with E-state index in [9.17, 15) is 0 Å². The van der Waals surface area contributed by atoms with Gasteiger partial charge in [-0.2, -0.15) is 0 Å². The van der Waals surface area contributed by atoms with E-state index < -0.39 is 0 Å². The Balaban J connectivity index is 1.66. The van der Waals surface area contributed by atoms with Crippen molar-refractivity contribution in [3.63, 3.8) is 0 Å². The standard InChI is InChI=1S/C20H32O2/c1-3-4-8-17(2)21-15-16-22-20-13-11-19(12-14-20)18-9-6-5-7-10-18/h11-14,17-18H,3-10,15-16H2,1-2H3. The van der Waals surface area contributed by atoms with Gasteiger partial charge in [0.15, 0.2) is 0 Å². The molecule has 0 amide bonds. The van der Waals surface area contributed by atoms with E-state index in [1.165, 1.54) is 50.5 Å². The molecular weight excluding hydrogens is 272 g/mol. The Morgan fingerprint density at radius 2 is 1.77 bits per heavy atom. The molecule has 0 heterocycles. The Labute approximate surface area is 136 Å². The van der Waals surface area contributed by atoms with Crippen LogP contribution in [0.5, 0.6) is 5.75 Å². The van der Waals surface area contributed by atoms with Crippen molar-refractivity contribution in [2.24, 2.45) is 0 Å². The largest absolute Gasteiger partial charge is 0.491 e. The van der Waals surface area contributed by atoms with E-state index in [0.29, 0.717) is 19.3 Å². The molecule has 0 spiro atoms. The van der Waals surface area contributed by atoms with Crippen LogP contribution in [0.3, 0.4) is 0 Å². The minimum atomic E-state index is 0.345. The van der Waals surface area contributed by atoms with Crippen LogP contribution in [0, 0.1) is 0 Å². The van der Waals surface area contributed by atoms with Gasteiger partial charge in [-0.25, -0.2) is 0 Å². The molecule has 0 N–H and O–H groups in total. The Morgan fingerprint density at radius 3 is 2.45 bits per heavy atom. The molecule has 1 unspecified atom stereocenters. The number of rotatable bonds is 9. The molecule has 1 aliphatic rings. The maximum Gasteiger partial charge on any atom is 0.119 e. The highest BCUT2D eigenvalue weighted by molar-refractivity contribution is 5.29. The third kappa shape index (κ3) is 6.00. The van der Waals surface area contributed by atoms with E-state index in [-0.39, 0.29) is 0 Å². The molecule has 1 aromatic carbocycles. The van der Waals surface area contributed by atoms with Crippen LogP contribution in [0.25, 0.3) is 0 Å². The van der Waals surface area contributed by atoms with Crippen LogP contribution in [-0.4, -0.2) is 19.3 Å². The van der Waals surface area contributed by atoms with Gasteiger partial charge in [0.05, 0.1) is 12.7 Å². The van der Waals surface area contributed by atoms with Crippen LogP contribution in [0.2, 0.25) is 0 Å². The van der Waals surface area contributed by atoms with Crippen molar-refractivity contribution >= 4 is 0 Å². The fourth-order valence-corrected chi connectivity index (χ4v) is 3.26. The first kappa shape index (κ1) is 17.3. The minimum Gasteiger partial charge on any atom is -0.491 e. The molecule has 0 radical (unpaired) electrons. The smallest absolute Gasteiger partial charge is 0.119 e. The van der Waals surface area contributed by atoms with Gasteiger partial charge >= 0.3 is 0 Å². The van der Waals surface area contributed by atoms with Crippen molar-refractivity contribution in [3.05, 3.63) is 29.8 Å². The van der Waals surface area contributed by atoms with Gasteiger partial charge in [0.1, 0.15) is 12.4 Å². The molecule has 124 valence electrons. The topological polar surface area (TPSA) is 18.5 Å². The molecule has 1 aliphatic carbocycles. The maximum atomic E-state index is 5.78. The van der Waals surface area contributed by atoms with E-state index in [2.05, 4.69) is 38.1 Å². The van der Waals surface area contributed by atoms with Crippen molar-refractivity contribution in [2.75, 3.05) is 13.2 Å². The average Bonchev–Trinajstić information content (AvgIpc) is 2.58. The highest BCUT2D eigenvalue weighted by Gasteiger charge is 2.15. The van der Waals surface area contributed by atoms with E-state index in [0.717, 1.165) is 18.1 Å². The predicted molar refractivity (Wildman–Crippen MR) is 92.7 cm³/mol. The van der Waals surface area contributed by atoms with Gasteiger partial charge in [-0.15, -0.1) is 0 Å². The Bertz CT molecular complexity index is 393. The zero-order valence-corrected chi connectivity index (χ0v) is 14.4. The van der Waals surface area contributed by atoms with E-state index >= 15 is 0 Å². The lowest BCUT2D eigenvalue weighted by molar-refractivity contribution is 0.0387. The van der Waals surface area contributed by atoms with Crippen molar-refractivity contribution in [1.29, 1.82) is 0 Å². The average molecular weight is 304 g/mol. The SMILES string of the molecule is CCCCC(C)OCCOc1ccc(C2CCCCC2)cc1. The second-order valence-electron chi connectivity index (χ2n) is 6.58. The second kappa shape index (κ2) is 9.89. The van der Waals surface area contributed by atoms with Gasteiger partial charge in [0.2, 0.25) is 0 Å². The summed E-state index contributed by atoms with van der Waals surface area (Å²) in [4.78, 5) is 0. The lowest BCUT2D eigenvalue weighted by Gasteiger charge is -2.22. The first-order valence-electron chi connectivity index (χ1n) is 9.14. The molecule has 1 atom stereocenters. The van der Waals surface area contributed by atoms with Crippen LogP contribution < -0.4 is 4.74 Å². The summed E-state index contributed by atoms with van der Waals surface area (Å²) >= 11 is 0. The Hall–Kier alpha value is -1.02. The Kier molecular flexibility index (Phi) is 7.79. The number of ether oxygens (including phenoxy) is 2. The molecule has 0 bridgehead atoms. The van der Waals surface area contributed by atoms with Gasteiger partial charge < -0.3 is 9.47 Å². The third-order valence-electron chi connectivity index (χ3n) is 4.68. The number of hydrogen-bond acceptors (Lipinski definition) is 2. The molecule has 2 nitrogen and oxygen atoms in total. The summed E-state index contributed by atoms with van der Waals surface area (Å²) in [5.74, 6) is 1.73. The highest BCUT2D eigenvalue weighted by atomic mass is 16.5. The monoisotopic (exact) mass is 304 g/mol. The quantitative estimate of drug-likeness (QED) is 0.544. The molecule has 1 saturated carbocycles. The zero-order chi connectivity index (χ0) is 15.6. The number of benzene rings is 1. The summed E-state index contributed by atoms with van der Waals surface area (Å²) in [6, 6.07) is 8.72. The normalized spacial score (nSPS) is 17.4. The van der Waals surface area contributed by atoms with Crippen molar-refractivity contribution in [1.82, 2.24) is 0 Å². The second-order valence-corrected chi connectivity index (χ2v) is 6.58. The molecule has 2 rings (SSSR count). The highest BCUT2D eigenvalue weighted by Crippen LogP contribution is 2.33. The first-order chi connectivity index (χ1) is 10.8. The van der Waals surface area contributed by atoms with Crippen LogP contribution in [0.4, 0.5) is 0 Å². The van der Waals surface area contributed by atoms with E-state index in [1.54, 1.807) is 0 Å². The van der Waals surface area contributed by atoms with Gasteiger partial charge in [-0.3, -0.25) is 0 Å². The summed E-state index contributed by atoms with van der Waals surface area (Å²) in [6.45, 7) is 5.68. The van der Waals surface area contributed by atoms with Gasteiger partial charge in [0.25, 0.3) is 0 Å². The van der Waals surface area contributed by atoms with Gasteiger partial charge in [-0.1, -0.05) is 51.2 Å². The molecule has 1 aromatic rings. The summed E-state index contributed by atoms with van der Waals surface area (Å²) < 4.78 is 11.5. The molecule has 22 heavy (non-hydrogen) atoms. The third-order valence-corrected chi connectivity index (χ3v) is 4.68. The number of hydrogen-bond donors (Lipinski definition) is 0. The van der Waals surface area contributed by atoms with Crippen LogP contribution in [0.15, 0.2) is 24.3 Å². The van der Waals surface area contributed by atoms with Gasteiger partial charge in [-0.05, 0) is 49.8 Å². The Morgan fingerprint density at radius 1 is 1.05 bits per heavy atom. The summed E-state index contributed by atoms with van der Waals surface area (Å²) in [7, 11) is 0. The van der Waals surface area contributed by atoms with Crippen molar-refractivity contribution in [3.8, 4) is 5.75 Å². The van der Waals surface area contributed by atoms with E-state index in [1.807, 2.05) is 0 Å². The molecular formula is C20H32O2. The maximum absolute atomic E-state index is 5.78. The summed E-state index contributed by atoms with van der Waals surface area (Å²) in [6.07, 6.45) is 10.8. The first-order valence-corrected chi connectivity index (χ1v) is 9.14. The summed E-state index contributed by atoms with van der Waals surface area (Å²) in [5.41, 5.74) is 1.48. The molecule has 0 saturated heterocycles. The van der Waals surface area contributed by atoms with Crippen molar-refractivity contribution < 1.29 is 9.47 Å². The minimum absolute atomic E-state index is 0.345. The van der Waals surface area contributed by atoms with E-state index in [4.69, 9.17) is 9.47 Å². The molecule has 0 aromatic heterocycles. The summed E-state index contributed by atoms with van der Waals surface area (Å²) in [5, 5.41) is 0. The van der Waals surface area contributed by atoms with Crippen molar-refractivity contribution in [2.45, 2.75) is 77.2 Å². The molecule has 2 heteroatoms. The van der Waals surface area contributed by atoms with Gasteiger partial charge in [0, 0.05) is 0 Å². The van der Waals surface area contributed by atoms with Crippen LogP contribution in [0.1, 0.15) is 76.7 Å². The zero-order valence-electron chi connectivity index (χ0n) is 14.4. The molecule has 1 fully saturated rings. The van der Waals surface area contributed by atoms with Crippen LogP contribution >= 0.6 is 0 Å². The lowest BCUT2D eigenvalue weighted by atomic mass is 9.84. The lowest BCUT2D eigenvalue weighted by Crippen LogP contribution is -2.14. The van der Waals surface area contributed by atoms with Crippen LogP contribution in [-0.2, 0) is 4.74 Å². The fourth-order valence-electron chi connectivity index (χ4n) is 3.26. The molecule has 0 aliphatic heterocycles.